The van der Waals surface area contributed by atoms with E-state index in [4.69, 9.17) is 9.90 Å². The number of carbonyl (C=O) groups is 2. The van der Waals surface area contributed by atoms with Crippen molar-refractivity contribution in [3.05, 3.63) is 35.4 Å². The van der Waals surface area contributed by atoms with E-state index in [-0.39, 0.29) is 6.03 Å². The number of benzene rings is 1. The third-order valence-electron chi connectivity index (χ3n) is 3.25. The minimum absolute atomic E-state index is 0.0933. The van der Waals surface area contributed by atoms with Crippen LogP contribution in [0.3, 0.4) is 0 Å². The molecular formula is C16H25N3O3. The number of rotatable bonds is 4. The quantitative estimate of drug-likeness (QED) is 0.680. The Bertz CT molecular complexity index is 464. The summed E-state index contributed by atoms with van der Waals surface area (Å²) >= 11 is 0. The standard InChI is InChI=1S/C14H21N3O.C2H4O2/c1-11-4-6-12(7-5-11)9-16-14(18)17-10-13-3-2-8-15-13;1-2(3)4/h4-7,13,15H,2-3,8-10H2,1H3,(H2,16,17,18);1H3,(H,3,4)/t13-;/m0./s1. The lowest BCUT2D eigenvalue weighted by molar-refractivity contribution is -0.134. The topological polar surface area (TPSA) is 90.5 Å². The number of hydrogen-bond acceptors (Lipinski definition) is 3. The molecule has 1 atom stereocenters. The zero-order valence-electron chi connectivity index (χ0n) is 13.2. The van der Waals surface area contributed by atoms with Crippen LogP contribution < -0.4 is 16.0 Å². The summed E-state index contributed by atoms with van der Waals surface area (Å²) in [5.74, 6) is -0.833. The first-order chi connectivity index (χ1) is 10.5. The molecule has 2 rings (SSSR count). The second kappa shape index (κ2) is 9.78. The molecule has 1 aromatic rings. The van der Waals surface area contributed by atoms with E-state index in [2.05, 4.69) is 35.0 Å². The number of aliphatic carboxylic acids is 1. The van der Waals surface area contributed by atoms with Crippen LogP contribution >= 0.6 is 0 Å². The van der Waals surface area contributed by atoms with Gasteiger partial charge in [0.05, 0.1) is 0 Å². The Morgan fingerprint density at radius 1 is 1.27 bits per heavy atom. The predicted octanol–water partition coefficient (Wildman–Crippen LogP) is 1.64. The average molecular weight is 307 g/mol. The molecule has 0 radical (unpaired) electrons. The molecule has 6 heteroatoms. The largest absolute Gasteiger partial charge is 0.481 e. The third kappa shape index (κ3) is 8.26. The lowest BCUT2D eigenvalue weighted by Gasteiger charge is -2.12. The van der Waals surface area contributed by atoms with Gasteiger partial charge in [-0.15, -0.1) is 0 Å². The third-order valence-corrected chi connectivity index (χ3v) is 3.25. The summed E-state index contributed by atoms with van der Waals surface area (Å²) in [5.41, 5.74) is 2.35. The maximum Gasteiger partial charge on any atom is 0.315 e. The Hall–Kier alpha value is -2.08. The van der Waals surface area contributed by atoms with Gasteiger partial charge in [-0.3, -0.25) is 4.79 Å². The van der Waals surface area contributed by atoms with Crippen molar-refractivity contribution in [3.8, 4) is 0 Å². The highest BCUT2D eigenvalue weighted by molar-refractivity contribution is 5.73. The zero-order chi connectivity index (χ0) is 16.4. The van der Waals surface area contributed by atoms with E-state index in [1.54, 1.807) is 0 Å². The fourth-order valence-electron chi connectivity index (χ4n) is 2.10. The van der Waals surface area contributed by atoms with Gasteiger partial charge in [-0.1, -0.05) is 29.8 Å². The second-order valence-corrected chi connectivity index (χ2v) is 5.36. The summed E-state index contributed by atoms with van der Waals surface area (Å²) in [4.78, 5) is 20.6. The summed E-state index contributed by atoms with van der Waals surface area (Å²) in [7, 11) is 0. The van der Waals surface area contributed by atoms with Gasteiger partial charge in [-0.2, -0.15) is 0 Å². The summed E-state index contributed by atoms with van der Waals surface area (Å²) in [6.45, 7) is 5.49. The molecule has 6 nitrogen and oxygen atoms in total. The lowest BCUT2D eigenvalue weighted by Crippen LogP contribution is -2.42. The highest BCUT2D eigenvalue weighted by Gasteiger charge is 2.14. The molecule has 1 fully saturated rings. The molecule has 1 aliphatic rings. The van der Waals surface area contributed by atoms with Gasteiger partial charge in [0.15, 0.2) is 0 Å². The van der Waals surface area contributed by atoms with E-state index in [9.17, 15) is 4.79 Å². The van der Waals surface area contributed by atoms with Crippen molar-refractivity contribution in [3.63, 3.8) is 0 Å². The molecule has 0 aromatic heterocycles. The first-order valence-corrected chi connectivity index (χ1v) is 7.47. The molecule has 4 N–H and O–H groups in total. The molecule has 2 amide bonds. The molecular weight excluding hydrogens is 282 g/mol. The summed E-state index contributed by atoms with van der Waals surface area (Å²) in [5, 5.41) is 16.5. The number of carboxylic acids is 1. The number of urea groups is 1. The van der Waals surface area contributed by atoms with Crippen LogP contribution in [0.2, 0.25) is 0 Å². The van der Waals surface area contributed by atoms with Crippen LogP contribution in [0.25, 0.3) is 0 Å². The Morgan fingerprint density at radius 2 is 1.91 bits per heavy atom. The smallest absolute Gasteiger partial charge is 0.315 e. The SMILES string of the molecule is CC(=O)O.Cc1ccc(CNC(=O)NC[C@@H]2CCCN2)cc1. The van der Waals surface area contributed by atoms with Gasteiger partial charge in [0.25, 0.3) is 5.97 Å². The van der Waals surface area contributed by atoms with Gasteiger partial charge < -0.3 is 21.1 Å². The number of amides is 2. The van der Waals surface area contributed by atoms with Crippen LogP contribution in [0.1, 0.15) is 30.9 Å². The van der Waals surface area contributed by atoms with Gasteiger partial charge in [0, 0.05) is 26.1 Å². The molecule has 0 unspecified atom stereocenters. The molecule has 0 saturated carbocycles. The number of aryl methyl sites for hydroxylation is 1. The predicted molar refractivity (Wildman–Crippen MR) is 85.8 cm³/mol. The highest BCUT2D eigenvalue weighted by Crippen LogP contribution is 2.03. The molecule has 1 aliphatic heterocycles. The van der Waals surface area contributed by atoms with Crippen molar-refractivity contribution in [2.24, 2.45) is 0 Å². The summed E-state index contributed by atoms with van der Waals surface area (Å²) in [6, 6.07) is 8.52. The van der Waals surface area contributed by atoms with Crippen LogP contribution in [-0.4, -0.2) is 36.2 Å². The highest BCUT2D eigenvalue weighted by atomic mass is 16.4. The first kappa shape index (κ1) is 18.0. The Kier molecular flexibility index (Phi) is 7.99. The van der Waals surface area contributed by atoms with E-state index in [0.717, 1.165) is 25.5 Å². The molecule has 1 saturated heterocycles. The molecule has 22 heavy (non-hydrogen) atoms. The van der Waals surface area contributed by atoms with Crippen molar-refractivity contribution in [1.29, 1.82) is 0 Å². The van der Waals surface area contributed by atoms with Crippen LogP contribution in [-0.2, 0) is 11.3 Å². The van der Waals surface area contributed by atoms with Crippen molar-refractivity contribution in [2.45, 2.75) is 39.3 Å². The molecule has 0 aliphatic carbocycles. The molecule has 0 bridgehead atoms. The molecule has 122 valence electrons. The van der Waals surface area contributed by atoms with Crippen molar-refractivity contribution < 1.29 is 14.7 Å². The van der Waals surface area contributed by atoms with E-state index in [1.807, 2.05) is 12.1 Å². The Morgan fingerprint density at radius 3 is 2.45 bits per heavy atom. The Labute approximate surface area is 131 Å². The number of carboxylic acid groups (broad SMARTS) is 1. The number of nitrogens with one attached hydrogen (secondary N) is 3. The van der Waals surface area contributed by atoms with Crippen LogP contribution in [0.4, 0.5) is 4.79 Å². The van der Waals surface area contributed by atoms with E-state index in [0.29, 0.717) is 19.1 Å². The maximum atomic E-state index is 11.6. The Balaban J connectivity index is 0.000000541. The van der Waals surface area contributed by atoms with Gasteiger partial charge in [-0.25, -0.2) is 4.79 Å². The van der Waals surface area contributed by atoms with Gasteiger partial charge >= 0.3 is 6.03 Å². The minimum atomic E-state index is -0.833. The zero-order valence-corrected chi connectivity index (χ0v) is 13.2. The second-order valence-electron chi connectivity index (χ2n) is 5.36. The molecule has 1 aromatic carbocycles. The van der Waals surface area contributed by atoms with Gasteiger partial charge in [0.2, 0.25) is 0 Å². The first-order valence-electron chi connectivity index (χ1n) is 7.47. The van der Waals surface area contributed by atoms with E-state index < -0.39 is 5.97 Å². The minimum Gasteiger partial charge on any atom is -0.481 e. The van der Waals surface area contributed by atoms with E-state index >= 15 is 0 Å². The van der Waals surface area contributed by atoms with Crippen LogP contribution in [0.15, 0.2) is 24.3 Å². The van der Waals surface area contributed by atoms with Gasteiger partial charge in [-0.05, 0) is 31.9 Å². The fourth-order valence-corrected chi connectivity index (χ4v) is 2.10. The normalized spacial score (nSPS) is 16.4. The summed E-state index contributed by atoms with van der Waals surface area (Å²) < 4.78 is 0. The van der Waals surface area contributed by atoms with Crippen molar-refractivity contribution in [2.75, 3.05) is 13.1 Å². The van der Waals surface area contributed by atoms with E-state index in [1.165, 1.54) is 12.0 Å². The van der Waals surface area contributed by atoms with Crippen LogP contribution in [0.5, 0.6) is 0 Å². The monoisotopic (exact) mass is 307 g/mol. The molecule has 1 heterocycles. The summed E-state index contributed by atoms with van der Waals surface area (Å²) in [6.07, 6.45) is 2.36. The van der Waals surface area contributed by atoms with Crippen molar-refractivity contribution in [1.82, 2.24) is 16.0 Å². The van der Waals surface area contributed by atoms with Crippen LogP contribution in [0, 0.1) is 6.92 Å². The fraction of sp³-hybridized carbons (Fsp3) is 0.500. The number of carbonyl (C=O) groups excluding carboxylic acids is 1. The average Bonchev–Trinajstić information content (AvgIpc) is 2.97. The number of hydrogen-bond donors (Lipinski definition) is 4. The molecule has 0 spiro atoms. The van der Waals surface area contributed by atoms with Gasteiger partial charge in [0.1, 0.15) is 0 Å². The lowest BCUT2D eigenvalue weighted by atomic mass is 10.1. The van der Waals surface area contributed by atoms with Crippen molar-refractivity contribution >= 4 is 12.0 Å². The maximum absolute atomic E-state index is 11.6.